The summed E-state index contributed by atoms with van der Waals surface area (Å²) in [5.41, 5.74) is 0. The van der Waals surface area contributed by atoms with E-state index in [0.29, 0.717) is 37.1 Å². The van der Waals surface area contributed by atoms with E-state index in [1.165, 1.54) is 6.92 Å². The molecule has 0 heterocycles. The zero-order valence-corrected chi connectivity index (χ0v) is 24.1. The topological polar surface area (TPSA) is 54.0 Å². The van der Waals surface area contributed by atoms with Crippen molar-refractivity contribution in [2.24, 2.45) is 0 Å². The molecular weight excluding hydrogens is 496 g/mol. The van der Waals surface area contributed by atoms with Crippen molar-refractivity contribution in [2.45, 2.75) is 80.9 Å². The lowest BCUT2D eigenvalue weighted by molar-refractivity contribution is -0.131. The molecule has 0 fully saturated rings. The Morgan fingerprint density at radius 1 is 0.658 bits per heavy atom. The molecule has 0 spiro atoms. The van der Waals surface area contributed by atoms with Gasteiger partial charge in [-0.3, -0.25) is 4.79 Å². The maximum atomic E-state index is 12.9. The molecule has 0 amide bonds. The molecule has 0 aliphatic carbocycles. The number of rotatable bonds is 16. The number of carbonyl (C=O) groups is 1. The molecule has 0 aliphatic rings. The second-order valence-electron chi connectivity index (χ2n) is 9.11. The van der Waals surface area contributed by atoms with Gasteiger partial charge in [0.15, 0.2) is 0 Å². The Morgan fingerprint density at radius 2 is 1.08 bits per heavy atom. The number of carbonyl (C=O) groups excluding carboxylic acids is 1. The molecule has 206 valence electrons. The van der Waals surface area contributed by atoms with Crippen LogP contribution < -0.4 is 14.2 Å². The van der Waals surface area contributed by atoms with Gasteiger partial charge in [0, 0.05) is 39.2 Å². The molecule has 5 nitrogen and oxygen atoms in total. The van der Waals surface area contributed by atoms with Crippen LogP contribution in [0.4, 0.5) is 0 Å². The zero-order chi connectivity index (χ0) is 27.2. The van der Waals surface area contributed by atoms with E-state index in [4.69, 9.17) is 18.4 Å². The molecule has 0 N–H and O–H groups in total. The third-order valence-electron chi connectivity index (χ3n) is 5.95. The molecule has 38 heavy (non-hydrogen) atoms. The Labute approximate surface area is 230 Å². The maximum Gasteiger partial charge on any atom is 0.313 e. The Kier molecular flexibility index (Phi) is 11.9. The highest BCUT2D eigenvalue weighted by Gasteiger charge is 2.40. The first kappa shape index (κ1) is 29.4. The molecule has 0 saturated heterocycles. The van der Waals surface area contributed by atoms with E-state index >= 15 is 0 Å². The molecule has 0 radical (unpaired) electrons. The van der Waals surface area contributed by atoms with Crippen molar-refractivity contribution in [3.8, 4) is 17.2 Å². The molecule has 0 atom stereocenters. The second kappa shape index (κ2) is 15.3. The normalized spacial score (nSPS) is 11.6. The molecule has 6 heteroatoms. The van der Waals surface area contributed by atoms with Gasteiger partial charge >= 0.3 is 5.97 Å². The Balaban J connectivity index is 2.36. The number of ether oxygens (including phenoxy) is 3. The largest absolute Gasteiger partial charge is 0.493 e. The molecule has 0 unspecified atom stereocenters. The smallest absolute Gasteiger partial charge is 0.313 e. The Hall–Kier alpha value is -3.12. The summed E-state index contributed by atoms with van der Waals surface area (Å²) in [5.74, 6) is 1.58. The Morgan fingerprint density at radius 3 is 1.47 bits per heavy atom. The summed E-state index contributed by atoms with van der Waals surface area (Å²) in [5, 5.41) is 0. The van der Waals surface area contributed by atoms with E-state index in [1.54, 1.807) is 0 Å². The average molecular weight is 539 g/mol. The van der Waals surface area contributed by atoms with Crippen molar-refractivity contribution >= 4 is 16.3 Å². The summed E-state index contributed by atoms with van der Waals surface area (Å²) in [6.07, 6.45) is 5.80. The lowest BCUT2D eigenvalue weighted by Crippen LogP contribution is -2.15. The standard InChI is InChI=1S/C32H42O5S/c1-5-8-21-34-27-24-30(35-22-9-6-2)32(31(25-27)36-23-10-7-3)38(37-26(4)33,28-17-13-11-14-18-28)29-19-15-12-16-20-29/h11-20,24-25H,5-10,21-23H2,1-4H3. The lowest BCUT2D eigenvalue weighted by atomic mass is 10.2. The van der Waals surface area contributed by atoms with Crippen LogP contribution >= 0.6 is 10.3 Å². The summed E-state index contributed by atoms with van der Waals surface area (Å²) in [4.78, 5) is 15.4. The van der Waals surface area contributed by atoms with Gasteiger partial charge in [-0.25, -0.2) is 0 Å². The van der Waals surface area contributed by atoms with Crippen LogP contribution in [-0.4, -0.2) is 25.8 Å². The van der Waals surface area contributed by atoms with Gasteiger partial charge in [-0.1, -0.05) is 76.4 Å². The zero-order valence-electron chi connectivity index (χ0n) is 23.2. The third kappa shape index (κ3) is 7.47. The van der Waals surface area contributed by atoms with Crippen LogP contribution in [0.1, 0.15) is 66.2 Å². The molecule has 0 aliphatic heterocycles. The van der Waals surface area contributed by atoms with Gasteiger partial charge in [0.25, 0.3) is 0 Å². The molecule has 3 aromatic rings. The summed E-state index contributed by atoms with van der Waals surface area (Å²) >= 11 is 0. The number of hydrogen-bond acceptors (Lipinski definition) is 5. The van der Waals surface area contributed by atoms with Gasteiger partial charge in [0.1, 0.15) is 22.1 Å². The number of benzene rings is 3. The van der Waals surface area contributed by atoms with E-state index < -0.39 is 10.3 Å². The maximum absolute atomic E-state index is 12.9. The molecule has 0 saturated carbocycles. The predicted octanol–water partition coefficient (Wildman–Crippen LogP) is 8.98. The van der Waals surface area contributed by atoms with Crippen molar-refractivity contribution < 1.29 is 23.2 Å². The summed E-state index contributed by atoms with van der Waals surface area (Å²) in [7, 11) is -2.56. The van der Waals surface area contributed by atoms with Gasteiger partial charge in [0.2, 0.25) is 0 Å². The van der Waals surface area contributed by atoms with Crippen molar-refractivity contribution in [3.05, 3.63) is 72.8 Å². The highest BCUT2D eigenvalue weighted by molar-refractivity contribution is 8.30. The molecule has 0 aromatic heterocycles. The first-order chi connectivity index (χ1) is 18.6. The fraction of sp³-hybridized carbons (Fsp3) is 0.406. The summed E-state index contributed by atoms with van der Waals surface area (Å²) in [6, 6.07) is 23.8. The fourth-order valence-electron chi connectivity index (χ4n) is 4.03. The van der Waals surface area contributed by atoms with Gasteiger partial charge < -0.3 is 18.4 Å². The average Bonchev–Trinajstić information content (AvgIpc) is 2.93. The van der Waals surface area contributed by atoms with Crippen LogP contribution in [0.15, 0.2) is 87.5 Å². The number of hydrogen-bond donors (Lipinski definition) is 0. The lowest BCUT2D eigenvalue weighted by Gasteiger charge is -2.41. The minimum Gasteiger partial charge on any atom is -0.493 e. The highest BCUT2D eigenvalue weighted by atomic mass is 32.3. The minimum absolute atomic E-state index is 0.366. The van der Waals surface area contributed by atoms with E-state index in [9.17, 15) is 4.79 Å². The van der Waals surface area contributed by atoms with Crippen LogP contribution in [0.5, 0.6) is 17.2 Å². The summed E-state index contributed by atoms with van der Waals surface area (Å²) in [6.45, 7) is 9.56. The van der Waals surface area contributed by atoms with Crippen LogP contribution in [0.2, 0.25) is 0 Å². The second-order valence-corrected chi connectivity index (χ2v) is 11.7. The van der Waals surface area contributed by atoms with Crippen LogP contribution in [-0.2, 0) is 8.98 Å². The summed E-state index contributed by atoms with van der Waals surface area (Å²) < 4.78 is 25.6. The molecule has 0 bridgehead atoms. The van der Waals surface area contributed by atoms with Crippen LogP contribution in [0, 0.1) is 0 Å². The van der Waals surface area contributed by atoms with Crippen LogP contribution in [0.25, 0.3) is 0 Å². The third-order valence-corrected chi connectivity index (χ3v) is 9.29. The highest BCUT2D eigenvalue weighted by Crippen LogP contribution is 2.73. The number of unbranched alkanes of at least 4 members (excludes halogenated alkanes) is 3. The van der Waals surface area contributed by atoms with Crippen molar-refractivity contribution in [1.29, 1.82) is 0 Å². The molecule has 3 aromatic carbocycles. The van der Waals surface area contributed by atoms with E-state index in [2.05, 4.69) is 20.8 Å². The van der Waals surface area contributed by atoms with E-state index in [-0.39, 0.29) is 5.97 Å². The first-order valence-corrected chi connectivity index (χ1v) is 15.3. The predicted molar refractivity (Wildman–Crippen MR) is 155 cm³/mol. The quantitative estimate of drug-likeness (QED) is 0.170. The van der Waals surface area contributed by atoms with Gasteiger partial charge in [-0.15, -0.1) is 0 Å². The monoisotopic (exact) mass is 538 g/mol. The van der Waals surface area contributed by atoms with Gasteiger partial charge in [0.05, 0.1) is 19.8 Å². The molecular formula is C32H42O5S. The SMILES string of the molecule is CCCCOc1cc(OCCCC)c(S(OC(C)=O)(c2ccccc2)c2ccccc2)c(OCCCC)c1. The molecule has 3 rings (SSSR count). The van der Waals surface area contributed by atoms with Crippen molar-refractivity contribution in [3.63, 3.8) is 0 Å². The van der Waals surface area contributed by atoms with Gasteiger partial charge in [-0.2, -0.15) is 0 Å². The van der Waals surface area contributed by atoms with Crippen LogP contribution in [0.3, 0.4) is 0 Å². The Bertz CT molecular complexity index is 1050. The van der Waals surface area contributed by atoms with Gasteiger partial charge in [-0.05, 0) is 43.5 Å². The minimum atomic E-state index is -2.56. The first-order valence-electron chi connectivity index (χ1n) is 13.8. The van der Waals surface area contributed by atoms with E-state index in [1.807, 2.05) is 72.8 Å². The van der Waals surface area contributed by atoms with Crippen molar-refractivity contribution in [1.82, 2.24) is 0 Å². The fourth-order valence-corrected chi connectivity index (χ4v) is 7.29. The van der Waals surface area contributed by atoms with Crippen molar-refractivity contribution in [2.75, 3.05) is 19.8 Å². The van der Waals surface area contributed by atoms with E-state index in [0.717, 1.165) is 53.2 Å².